The van der Waals surface area contributed by atoms with Crippen molar-refractivity contribution in [3.63, 3.8) is 0 Å². The van der Waals surface area contributed by atoms with Crippen LogP contribution in [0.15, 0.2) is 0 Å². The van der Waals surface area contributed by atoms with Gasteiger partial charge in [-0.15, -0.1) is 0 Å². The van der Waals surface area contributed by atoms with Gasteiger partial charge in [0.15, 0.2) is 0 Å². The summed E-state index contributed by atoms with van der Waals surface area (Å²) in [7, 11) is 0. The van der Waals surface area contributed by atoms with Crippen LogP contribution >= 0.6 is 0 Å². The molecule has 0 N–H and O–H groups in total. The summed E-state index contributed by atoms with van der Waals surface area (Å²) in [5, 5.41) is 0. The maximum absolute atomic E-state index is 2.72. The van der Waals surface area contributed by atoms with Crippen molar-refractivity contribution in [2.45, 2.75) is 52.6 Å². The van der Waals surface area contributed by atoms with E-state index in [0.29, 0.717) is 6.04 Å². The SMILES string of the molecule is CCN1CCC(CN2CCN(C(C)C)C(C)C2)CC1. The Morgan fingerprint density at radius 3 is 2.21 bits per heavy atom. The van der Waals surface area contributed by atoms with Crippen LogP contribution in [0.3, 0.4) is 0 Å². The van der Waals surface area contributed by atoms with Gasteiger partial charge in [0, 0.05) is 38.3 Å². The van der Waals surface area contributed by atoms with Gasteiger partial charge in [-0.3, -0.25) is 4.90 Å². The van der Waals surface area contributed by atoms with Crippen molar-refractivity contribution >= 4 is 0 Å². The first kappa shape index (κ1) is 15.3. The van der Waals surface area contributed by atoms with E-state index >= 15 is 0 Å². The second-order valence-electron chi connectivity index (χ2n) is 6.82. The Labute approximate surface area is 119 Å². The smallest absolute Gasteiger partial charge is 0.0198 e. The van der Waals surface area contributed by atoms with E-state index < -0.39 is 0 Å². The summed E-state index contributed by atoms with van der Waals surface area (Å²) in [4.78, 5) is 7.96. The van der Waals surface area contributed by atoms with Gasteiger partial charge in [0.25, 0.3) is 0 Å². The lowest BCUT2D eigenvalue weighted by Gasteiger charge is -2.43. The summed E-state index contributed by atoms with van der Waals surface area (Å²) < 4.78 is 0. The zero-order valence-corrected chi connectivity index (χ0v) is 13.4. The maximum Gasteiger partial charge on any atom is 0.0198 e. The number of piperazine rings is 1. The molecule has 0 aromatic heterocycles. The van der Waals surface area contributed by atoms with Crippen LogP contribution < -0.4 is 0 Å². The molecule has 112 valence electrons. The molecular weight excluding hydrogens is 234 g/mol. The highest BCUT2D eigenvalue weighted by Gasteiger charge is 2.27. The van der Waals surface area contributed by atoms with E-state index in [9.17, 15) is 0 Å². The van der Waals surface area contributed by atoms with E-state index in [1.54, 1.807) is 0 Å². The molecule has 0 aromatic carbocycles. The van der Waals surface area contributed by atoms with Crippen molar-refractivity contribution in [3.8, 4) is 0 Å². The predicted molar refractivity (Wildman–Crippen MR) is 82.6 cm³/mol. The van der Waals surface area contributed by atoms with E-state index in [1.165, 1.54) is 58.7 Å². The largest absolute Gasteiger partial charge is 0.304 e. The third-order valence-electron chi connectivity index (χ3n) is 5.10. The molecule has 0 bridgehead atoms. The fourth-order valence-corrected chi connectivity index (χ4v) is 3.83. The molecule has 2 saturated heterocycles. The first-order valence-electron chi connectivity index (χ1n) is 8.30. The topological polar surface area (TPSA) is 9.72 Å². The minimum Gasteiger partial charge on any atom is -0.304 e. The highest BCUT2D eigenvalue weighted by atomic mass is 15.3. The molecule has 0 saturated carbocycles. The first-order valence-corrected chi connectivity index (χ1v) is 8.30. The Kier molecular flexibility index (Phi) is 5.67. The summed E-state index contributed by atoms with van der Waals surface area (Å²) in [6, 6.07) is 1.43. The molecule has 0 aliphatic carbocycles. The molecule has 0 amide bonds. The molecule has 2 rings (SSSR count). The summed E-state index contributed by atoms with van der Waals surface area (Å²) in [5.74, 6) is 0.945. The Balaban J connectivity index is 1.73. The highest BCUT2D eigenvalue weighted by Crippen LogP contribution is 2.20. The van der Waals surface area contributed by atoms with Crippen LogP contribution in [0.2, 0.25) is 0 Å². The average Bonchev–Trinajstić information content (AvgIpc) is 2.39. The molecule has 2 aliphatic heterocycles. The van der Waals surface area contributed by atoms with E-state index in [2.05, 4.69) is 42.4 Å². The lowest BCUT2D eigenvalue weighted by atomic mass is 9.95. The van der Waals surface area contributed by atoms with E-state index in [-0.39, 0.29) is 0 Å². The van der Waals surface area contributed by atoms with Gasteiger partial charge in [0.05, 0.1) is 0 Å². The molecule has 0 aromatic rings. The normalized spacial score (nSPS) is 29.2. The lowest BCUT2D eigenvalue weighted by Crippen LogP contribution is -2.55. The van der Waals surface area contributed by atoms with Crippen molar-refractivity contribution in [2.24, 2.45) is 5.92 Å². The summed E-state index contributed by atoms with van der Waals surface area (Å²) in [6.07, 6.45) is 2.82. The summed E-state index contributed by atoms with van der Waals surface area (Å²) >= 11 is 0. The number of hydrogen-bond acceptors (Lipinski definition) is 3. The molecule has 0 radical (unpaired) electrons. The van der Waals surface area contributed by atoms with Gasteiger partial charge in [0.1, 0.15) is 0 Å². The van der Waals surface area contributed by atoms with Crippen molar-refractivity contribution in [3.05, 3.63) is 0 Å². The van der Waals surface area contributed by atoms with Gasteiger partial charge in [-0.25, -0.2) is 0 Å². The van der Waals surface area contributed by atoms with Crippen LogP contribution in [0.1, 0.15) is 40.5 Å². The Bertz CT molecular complexity index is 259. The molecule has 3 nitrogen and oxygen atoms in total. The lowest BCUT2D eigenvalue weighted by molar-refractivity contribution is 0.0441. The maximum atomic E-state index is 2.72. The summed E-state index contributed by atoms with van der Waals surface area (Å²) in [6.45, 7) is 18.4. The van der Waals surface area contributed by atoms with Crippen molar-refractivity contribution in [1.82, 2.24) is 14.7 Å². The van der Waals surface area contributed by atoms with Crippen LogP contribution in [-0.4, -0.2) is 72.6 Å². The molecular formula is C16H33N3. The minimum absolute atomic E-state index is 0.699. The second-order valence-corrected chi connectivity index (χ2v) is 6.82. The zero-order chi connectivity index (χ0) is 13.8. The molecule has 1 unspecified atom stereocenters. The average molecular weight is 267 g/mol. The van der Waals surface area contributed by atoms with Crippen molar-refractivity contribution in [2.75, 3.05) is 45.8 Å². The molecule has 0 spiro atoms. The zero-order valence-electron chi connectivity index (χ0n) is 13.4. The standard InChI is InChI=1S/C16H33N3/c1-5-17-8-6-16(7-9-17)13-18-10-11-19(14(2)3)15(4)12-18/h14-16H,5-13H2,1-4H3. The molecule has 2 heterocycles. The van der Waals surface area contributed by atoms with Crippen molar-refractivity contribution in [1.29, 1.82) is 0 Å². The Morgan fingerprint density at radius 1 is 1.00 bits per heavy atom. The molecule has 1 atom stereocenters. The van der Waals surface area contributed by atoms with Crippen LogP contribution in [0.25, 0.3) is 0 Å². The summed E-state index contributed by atoms with van der Waals surface area (Å²) in [5.41, 5.74) is 0. The quantitative estimate of drug-likeness (QED) is 0.772. The number of hydrogen-bond donors (Lipinski definition) is 0. The molecule has 2 aliphatic rings. The van der Waals surface area contributed by atoms with Crippen LogP contribution in [0.5, 0.6) is 0 Å². The van der Waals surface area contributed by atoms with Crippen LogP contribution in [-0.2, 0) is 0 Å². The van der Waals surface area contributed by atoms with Gasteiger partial charge in [-0.1, -0.05) is 6.92 Å². The number of nitrogens with zero attached hydrogens (tertiary/aromatic N) is 3. The number of piperidine rings is 1. The van der Waals surface area contributed by atoms with Gasteiger partial charge in [0.2, 0.25) is 0 Å². The van der Waals surface area contributed by atoms with Gasteiger partial charge >= 0.3 is 0 Å². The Morgan fingerprint density at radius 2 is 1.68 bits per heavy atom. The number of rotatable bonds is 4. The monoisotopic (exact) mass is 267 g/mol. The third-order valence-corrected chi connectivity index (χ3v) is 5.10. The Hall–Kier alpha value is -0.120. The third kappa shape index (κ3) is 4.17. The minimum atomic E-state index is 0.699. The van der Waals surface area contributed by atoms with Gasteiger partial charge in [-0.05, 0) is 59.2 Å². The predicted octanol–water partition coefficient (Wildman–Crippen LogP) is 2.13. The van der Waals surface area contributed by atoms with E-state index in [0.717, 1.165) is 12.0 Å². The van der Waals surface area contributed by atoms with Crippen molar-refractivity contribution < 1.29 is 0 Å². The number of likely N-dealkylation sites (tertiary alicyclic amines) is 1. The first-order chi connectivity index (χ1) is 9.10. The van der Waals surface area contributed by atoms with Crippen LogP contribution in [0, 0.1) is 5.92 Å². The van der Waals surface area contributed by atoms with Crippen LogP contribution in [0.4, 0.5) is 0 Å². The van der Waals surface area contributed by atoms with E-state index in [1.807, 2.05) is 0 Å². The van der Waals surface area contributed by atoms with Gasteiger partial charge in [-0.2, -0.15) is 0 Å². The van der Waals surface area contributed by atoms with Gasteiger partial charge < -0.3 is 9.80 Å². The van der Waals surface area contributed by atoms with E-state index in [4.69, 9.17) is 0 Å². The molecule has 19 heavy (non-hydrogen) atoms. The highest BCUT2D eigenvalue weighted by molar-refractivity contribution is 4.83. The molecule has 3 heteroatoms. The fourth-order valence-electron chi connectivity index (χ4n) is 3.83. The fraction of sp³-hybridized carbons (Fsp3) is 1.00. The second kappa shape index (κ2) is 7.05. The molecule has 2 fully saturated rings.